The molecule has 1 N–H and O–H groups in total. The van der Waals surface area contributed by atoms with Crippen LogP contribution in [0.15, 0.2) is 42.1 Å². The van der Waals surface area contributed by atoms with Crippen LogP contribution in [0.5, 0.6) is 0 Å². The molecule has 202 valence electrons. The fraction of sp³-hybridized carbons (Fsp3) is 0.586. The Labute approximate surface area is 223 Å². The zero-order valence-corrected chi connectivity index (χ0v) is 23.2. The third-order valence-corrected chi connectivity index (χ3v) is 8.96. The van der Waals surface area contributed by atoms with Gasteiger partial charge in [0.15, 0.2) is 0 Å². The zero-order chi connectivity index (χ0) is 27.5. The molecule has 1 aliphatic heterocycles. The minimum atomic E-state index is -2.80. The molecule has 0 bridgehead atoms. The molecule has 1 aromatic rings. The van der Waals surface area contributed by atoms with E-state index in [0.717, 1.165) is 17.6 Å². The molecule has 4 rings (SSSR count). The Morgan fingerprint density at radius 2 is 1.97 bits per heavy atom. The average Bonchev–Trinajstić information content (AvgIpc) is 3.42. The lowest BCUT2D eigenvalue weighted by atomic mass is 9.64. The van der Waals surface area contributed by atoms with Gasteiger partial charge in [-0.05, 0) is 59.3 Å². The van der Waals surface area contributed by atoms with Gasteiger partial charge in [0.2, 0.25) is 0 Å². The summed E-state index contributed by atoms with van der Waals surface area (Å²) in [5.41, 5.74) is 1.29. The Balaban J connectivity index is 1.68. The number of nitrogens with one attached hydrogen (secondary N) is 1. The number of halogens is 3. The van der Waals surface area contributed by atoms with Crippen molar-refractivity contribution >= 4 is 23.6 Å². The monoisotopic (exact) mass is 534 g/mol. The van der Waals surface area contributed by atoms with Crippen LogP contribution in [0.25, 0.3) is 0 Å². The second-order valence-electron chi connectivity index (χ2n) is 12.0. The normalized spacial score (nSPS) is 30.7. The number of nitrogens with zero attached hydrogens (tertiary/aromatic N) is 1. The number of esters is 1. The molecule has 1 heterocycles. The summed E-state index contributed by atoms with van der Waals surface area (Å²) in [7, 11) is 1.30. The molecule has 2 fully saturated rings. The summed E-state index contributed by atoms with van der Waals surface area (Å²) < 4.78 is 34.3. The fourth-order valence-electron chi connectivity index (χ4n) is 6.26. The highest BCUT2D eigenvalue weighted by atomic mass is 35.5. The van der Waals surface area contributed by atoms with Gasteiger partial charge in [-0.3, -0.25) is 0 Å². The molecule has 0 radical (unpaired) electrons. The molecular weight excluding hydrogens is 498 g/mol. The lowest BCUT2D eigenvalue weighted by Crippen LogP contribution is -2.58. The number of alkyl halides is 2. The van der Waals surface area contributed by atoms with Crippen LogP contribution in [0.3, 0.4) is 0 Å². The number of fused-ring (bicyclic) bond motifs is 1. The number of amides is 2. The van der Waals surface area contributed by atoms with Gasteiger partial charge in [-0.15, -0.1) is 0 Å². The number of methoxy groups -OCH3 is 1. The average molecular weight is 535 g/mol. The summed E-state index contributed by atoms with van der Waals surface area (Å²) in [6, 6.07) is 5.04. The van der Waals surface area contributed by atoms with Gasteiger partial charge in [-0.1, -0.05) is 64.9 Å². The molecule has 8 heteroatoms. The number of urea groups is 1. The largest absolute Gasteiger partial charge is 0.466 e. The van der Waals surface area contributed by atoms with Crippen LogP contribution in [-0.4, -0.2) is 36.5 Å². The summed E-state index contributed by atoms with van der Waals surface area (Å²) in [4.78, 5) is 26.6. The van der Waals surface area contributed by atoms with Gasteiger partial charge in [-0.25, -0.2) is 18.4 Å². The van der Waals surface area contributed by atoms with Crippen molar-refractivity contribution in [2.75, 3.05) is 13.7 Å². The highest BCUT2D eigenvalue weighted by Gasteiger charge is 2.72. The smallest absolute Gasteiger partial charge is 0.333 e. The quantitative estimate of drug-likeness (QED) is 0.315. The van der Waals surface area contributed by atoms with Crippen molar-refractivity contribution < 1.29 is 23.1 Å². The van der Waals surface area contributed by atoms with E-state index < -0.39 is 34.7 Å². The number of carbonyl (C=O) groups is 2. The van der Waals surface area contributed by atoms with Gasteiger partial charge < -0.3 is 15.0 Å². The standard InChI is InChI=1S/C29H37ClF2N2O3/c1-16-10-12-28(19-8-9-20(22(30)14-19)23-24(27(4,5)6)29(23,31)32)21(18(16)3)15-34(26(36)33-28)13-11-17(2)25(35)37-7/h8-9,14-16,18,23-24H,2,10-13H2,1,3-7H3,(H,33,36)/t16-,18+,23?,24?,28?/m0/s1. The van der Waals surface area contributed by atoms with Crippen molar-refractivity contribution in [2.45, 2.75) is 71.3 Å². The van der Waals surface area contributed by atoms with E-state index in [1.54, 1.807) is 17.0 Å². The van der Waals surface area contributed by atoms with Crippen molar-refractivity contribution in [2.24, 2.45) is 23.2 Å². The fourth-order valence-corrected chi connectivity index (χ4v) is 6.56. The zero-order valence-electron chi connectivity index (χ0n) is 22.5. The molecule has 2 aliphatic carbocycles. The number of benzene rings is 1. The van der Waals surface area contributed by atoms with Crippen LogP contribution in [0.1, 0.15) is 70.9 Å². The third-order valence-electron chi connectivity index (χ3n) is 8.63. The first kappa shape index (κ1) is 27.6. The van der Waals surface area contributed by atoms with Crippen LogP contribution in [0.4, 0.5) is 13.6 Å². The molecule has 1 aromatic carbocycles. The van der Waals surface area contributed by atoms with Crippen molar-refractivity contribution in [3.63, 3.8) is 0 Å². The maximum absolute atomic E-state index is 14.8. The van der Waals surface area contributed by atoms with Crippen molar-refractivity contribution in [3.05, 3.63) is 58.3 Å². The highest BCUT2D eigenvalue weighted by Crippen LogP contribution is 2.68. The summed E-state index contributed by atoms with van der Waals surface area (Å²) in [5, 5.41) is 3.53. The Hall–Kier alpha value is -2.41. The second-order valence-corrected chi connectivity index (χ2v) is 12.4. The Morgan fingerprint density at radius 3 is 2.54 bits per heavy atom. The molecule has 3 unspecified atom stereocenters. The Morgan fingerprint density at radius 1 is 1.30 bits per heavy atom. The Kier molecular flexibility index (Phi) is 7.02. The van der Waals surface area contributed by atoms with Crippen molar-refractivity contribution in [3.8, 4) is 0 Å². The summed E-state index contributed by atoms with van der Waals surface area (Å²) in [6.07, 6.45) is 3.74. The van der Waals surface area contributed by atoms with Gasteiger partial charge in [-0.2, -0.15) is 0 Å². The molecule has 0 saturated heterocycles. The minimum Gasteiger partial charge on any atom is -0.466 e. The van der Waals surface area contributed by atoms with E-state index in [1.807, 2.05) is 33.0 Å². The molecule has 0 aromatic heterocycles. The van der Waals surface area contributed by atoms with Crippen molar-refractivity contribution in [1.82, 2.24) is 10.2 Å². The van der Waals surface area contributed by atoms with Crippen LogP contribution >= 0.6 is 11.6 Å². The predicted octanol–water partition coefficient (Wildman–Crippen LogP) is 7.02. The summed E-state index contributed by atoms with van der Waals surface area (Å²) in [5.74, 6) is -4.41. The van der Waals surface area contributed by atoms with Gasteiger partial charge in [0.25, 0.3) is 5.92 Å². The van der Waals surface area contributed by atoms with Gasteiger partial charge in [0.1, 0.15) is 0 Å². The van der Waals surface area contributed by atoms with Gasteiger partial charge in [0, 0.05) is 29.3 Å². The van der Waals surface area contributed by atoms with E-state index in [-0.39, 0.29) is 24.9 Å². The maximum atomic E-state index is 14.8. The van der Waals surface area contributed by atoms with E-state index in [0.29, 0.717) is 28.5 Å². The number of hydrogen-bond acceptors (Lipinski definition) is 3. The molecule has 2 saturated carbocycles. The first-order valence-electron chi connectivity index (χ1n) is 12.9. The molecule has 3 aliphatic rings. The van der Waals surface area contributed by atoms with E-state index in [2.05, 4.69) is 25.7 Å². The number of ether oxygens (including phenoxy) is 1. The number of carbonyl (C=O) groups excluding carboxylic acids is 2. The Bertz CT molecular complexity index is 1160. The van der Waals surface area contributed by atoms with E-state index in [4.69, 9.17) is 16.3 Å². The lowest BCUT2D eigenvalue weighted by molar-refractivity contribution is -0.136. The van der Waals surface area contributed by atoms with Crippen LogP contribution in [0.2, 0.25) is 5.02 Å². The third kappa shape index (κ3) is 4.68. The number of hydrogen-bond donors (Lipinski definition) is 1. The molecule has 5 nitrogen and oxygen atoms in total. The summed E-state index contributed by atoms with van der Waals surface area (Å²) in [6.45, 7) is 13.9. The maximum Gasteiger partial charge on any atom is 0.333 e. The van der Waals surface area contributed by atoms with E-state index in [1.165, 1.54) is 7.11 Å². The topological polar surface area (TPSA) is 58.6 Å². The lowest BCUT2D eigenvalue weighted by Gasteiger charge is -2.50. The highest BCUT2D eigenvalue weighted by molar-refractivity contribution is 6.31. The van der Waals surface area contributed by atoms with Crippen molar-refractivity contribution in [1.29, 1.82) is 0 Å². The van der Waals surface area contributed by atoms with E-state index in [9.17, 15) is 18.4 Å². The minimum absolute atomic E-state index is 0.164. The first-order chi connectivity index (χ1) is 17.1. The molecule has 5 atom stereocenters. The molecule has 2 amide bonds. The predicted molar refractivity (Wildman–Crippen MR) is 140 cm³/mol. The summed E-state index contributed by atoms with van der Waals surface area (Å²) >= 11 is 6.68. The molecular formula is C29H37ClF2N2O3. The van der Waals surface area contributed by atoms with Crippen LogP contribution < -0.4 is 5.32 Å². The van der Waals surface area contributed by atoms with Gasteiger partial charge in [0.05, 0.1) is 18.6 Å². The van der Waals surface area contributed by atoms with Crippen LogP contribution in [-0.2, 0) is 15.1 Å². The van der Waals surface area contributed by atoms with Crippen LogP contribution in [0, 0.1) is 23.2 Å². The SMILES string of the molecule is C=C(CCN1C=C2[C@H](C)[C@@H](C)CCC2(c2ccc(C3C(C(C)(C)C)C3(F)F)c(Cl)c2)NC1=O)C(=O)OC. The second kappa shape index (κ2) is 9.40. The van der Waals surface area contributed by atoms with Gasteiger partial charge >= 0.3 is 12.0 Å². The molecule has 0 spiro atoms. The first-order valence-corrected chi connectivity index (χ1v) is 13.3. The number of rotatable bonds is 6. The molecule has 37 heavy (non-hydrogen) atoms. The van der Waals surface area contributed by atoms with E-state index >= 15 is 0 Å².